The van der Waals surface area contributed by atoms with E-state index in [4.69, 9.17) is 14.2 Å². The Hall–Kier alpha value is -4.09. The molecular weight excluding hydrogens is 502 g/mol. The number of amides is 2. The van der Waals surface area contributed by atoms with E-state index in [9.17, 15) is 23.5 Å². The molecule has 2 fully saturated rings. The fourth-order valence-corrected chi connectivity index (χ4v) is 4.65. The number of nitrogens with one attached hydrogen (secondary N) is 1. The number of ether oxygens (including phenoxy) is 3. The molecule has 2 N–H and O–H groups in total. The Morgan fingerprint density at radius 1 is 1.21 bits per heavy atom. The molecule has 5 rings (SSSR count). The molecule has 1 saturated carbocycles. The molecule has 3 aromatic rings. The van der Waals surface area contributed by atoms with Crippen LogP contribution in [0.5, 0.6) is 17.2 Å². The Morgan fingerprint density at radius 2 is 2.00 bits per heavy atom. The van der Waals surface area contributed by atoms with Crippen LogP contribution >= 0.6 is 0 Å². The van der Waals surface area contributed by atoms with E-state index in [0.29, 0.717) is 42.4 Å². The number of carboxylic acid groups (broad SMARTS) is 1. The van der Waals surface area contributed by atoms with E-state index >= 15 is 0 Å². The van der Waals surface area contributed by atoms with Crippen molar-refractivity contribution in [2.75, 3.05) is 26.8 Å². The molecule has 202 valence electrons. The molecule has 1 aromatic carbocycles. The molecule has 38 heavy (non-hydrogen) atoms. The van der Waals surface area contributed by atoms with Crippen molar-refractivity contribution in [3.63, 3.8) is 0 Å². The maximum Gasteiger partial charge on any atom is 0.407 e. The van der Waals surface area contributed by atoms with E-state index in [0.717, 1.165) is 25.7 Å². The summed E-state index contributed by atoms with van der Waals surface area (Å²) in [6.07, 6.45) is 5.76. The first-order valence-electron chi connectivity index (χ1n) is 12.4. The summed E-state index contributed by atoms with van der Waals surface area (Å²) in [5.41, 5.74) is 1.51. The second kappa shape index (κ2) is 10.7. The van der Waals surface area contributed by atoms with Crippen LogP contribution in [0.4, 0.5) is 13.6 Å². The van der Waals surface area contributed by atoms with Crippen LogP contribution in [0.15, 0.2) is 36.7 Å². The summed E-state index contributed by atoms with van der Waals surface area (Å²) >= 11 is 0. The molecule has 0 radical (unpaired) electrons. The average molecular weight is 531 g/mol. The lowest BCUT2D eigenvalue weighted by atomic mass is 9.99. The maximum atomic E-state index is 13.3. The number of halogens is 2. The van der Waals surface area contributed by atoms with Crippen molar-refractivity contribution in [2.45, 2.75) is 38.3 Å². The van der Waals surface area contributed by atoms with Crippen LogP contribution in [0.25, 0.3) is 16.9 Å². The predicted molar refractivity (Wildman–Crippen MR) is 132 cm³/mol. The standard InChI is InChI=1S/C26H28F2N4O6/c1-36-20-9-16(10-21(38-25(27)28)23(20)24(33)30-17-4-5-17)19-12-29-22-11-18(6-8-32(19)22)37-14-15-3-2-7-31(13-15)26(34)35/h6,8-12,15,17,25H,2-5,7,13-14H2,1H3,(H,30,33)(H,34,35)/t15-/m0/s1. The van der Waals surface area contributed by atoms with Gasteiger partial charge in [-0.15, -0.1) is 0 Å². The highest BCUT2D eigenvalue weighted by molar-refractivity contribution is 6.01. The van der Waals surface area contributed by atoms with Crippen LogP contribution in [0, 0.1) is 5.92 Å². The summed E-state index contributed by atoms with van der Waals surface area (Å²) in [4.78, 5) is 29.9. The van der Waals surface area contributed by atoms with Crippen LogP contribution in [0.3, 0.4) is 0 Å². The Balaban J connectivity index is 1.39. The summed E-state index contributed by atoms with van der Waals surface area (Å²) in [7, 11) is 1.36. The van der Waals surface area contributed by atoms with Crippen molar-refractivity contribution in [2.24, 2.45) is 5.92 Å². The van der Waals surface area contributed by atoms with Crippen molar-refractivity contribution in [3.05, 3.63) is 42.2 Å². The molecule has 1 saturated heterocycles. The SMILES string of the molecule is COc1cc(-c2cnc3cc(OC[C@H]4CCCN(C(=O)O)C4)ccn23)cc(OC(F)F)c1C(=O)NC1CC1. The number of hydrogen-bond donors (Lipinski definition) is 2. The Bertz CT molecular complexity index is 1340. The van der Waals surface area contributed by atoms with Gasteiger partial charge in [-0.3, -0.25) is 9.20 Å². The van der Waals surface area contributed by atoms with Gasteiger partial charge >= 0.3 is 12.7 Å². The topological polar surface area (TPSA) is 115 Å². The van der Waals surface area contributed by atoms with E-state index in [1.807, 2.05) is 0 Å². The minimum atomic E-state index is -3.13. The third-order valence-electron chi connectivity index (χ3n) is 6.70. The smallest absolute Gasteiger partial charge is 0.407 e. The molecule has 0 spiro atoms. The molecule has 1 atom stereocenters. The van der Waals surface area contributed by atoms with Crippen LogP contribution in [-0.4, -0.2) is 70.9 Å². The molecule has 2 aliphatic rings. The van der Waals surface area contributed by atoms with Crippen molar-refractivity contribution in [1.82, 2.24) is 19.6 Å². The molecule has 10 nitrogen and oxygen atoms in total. The molecule has 2 amide bonds. The minimum absolute atomic E-state index is 0.0238. The Labute approximate surface area is 217 Å². The second-order valence-corrected chi connectivity index (χ2v) is 9.46. The third-order valence-corrected chi connectivity index (χ3v) is 6.70. The van der Waals surface area contributed by atoms with Gasteiger partial charge in [-0.2, -0.15) is 8.78 Å². The molecule has 0 unspecified atom stereocenters. The van der Waals surface area contributed by atoms with Gasteiger partial charge in [-0.1, -0.05) is 0 Å². The van der Waals surface area contributed by atoms with Gasteiger partial charge < -0.3 is 29.5 Å². The molecule has 0 bridgehead atoms. The molecule has 12 heteroatoms. The number of benzene rings is 1. The van der Waals surface area contributed by atoms with Gasteiger partial charge in [0.1, 0.15) is 28.5 Å². The van der Waals surface area contributed by atoms with Gasteiger partial charge in [0.15, 0.2) is 0 Å². The summed E-state index contributed by atoms with van der Waals surface area (Å²) in [6.45, 7) is -1.78. The lowest BCUT2D eigenvalue weighted by Crippen LogP contribution is -2.40. The van der Waals surface area contributed by atoms with Gasteiger partial charge in [0.2, 0.25) is 0 Å². The number of carbonyl (C=O) groups is 2. The van der Waals surface area contributed by atoms with E-state index in [2.05, 4.69) is 10.3 Å². The molecule has 2 aromatic heterocycles. The van der Waals surface area contributed by atoms with Crippen LogP contribution in [0.1, 0.15) is 36.0 Å². The van der Waals surface area contributed by atoms with E-state index < -0.39 is 18.6 Å². The lowest BCUT2D eigenvalue weighted by Gasteiger charge is -2.30. The fourth-order valence-electron chi connectivity index (χ4n) is 4.65. The highest BCUT2D eigenvalue weighted by Gasteiger charge is 2.29. The van der Waals surface area contributed by atoms with Gasteiger partial charge in [0, 0.05) is 42.9 Å². The first kappa shape index (κ1) is 25.6. The van der Waals surface area contributed by atoms with Crippen molar-refractivity contribution >= 4 is 17.6 Å². The number of methoxy groups -OCH3 is 1. The van der Waals surface area contributed by atoms with Gasteiger partial charge in [0.05, 0.1) is 25.6 Å². The van der Waals surface area contributed by atoms with Crippen LogP contribution in [-0.2, 0) is 0 Å². The number of carbonyl (C=O) groups excluding carboxylic acids is 1. The highest BCUT2D eigenvalue weighted by Crippen LogP contribution is 2.37. The number of imidazole rings is 1. The van der Waals surface area contributed by atoms with Crippen molar-refractivity contribution in [1.29, 1.82) is 0 Å². The number of rotatable bonds is 9. The number of nitrogens with zero attached hydrogens (tertiary/aromatic N) is 3. The molecule has 3 heterocycles. The van der Waals surface area contributed by atoms with Crippen LogP contribution in [0.2, 0.25) is 0 Å². The predicted octanol–water partition coefficient (Wildman–Crippen LogP) is 4.27. The first-order valence-corrected chi connectivity index (χ1v) is 12.4. The number of piperidine rings is 1. The third kappa shape index (κ3) is 5.58. The normalized spacial score (nSPS) is 17.5. The van der Waals surface area contributed by atoms with E-state index in [1.54, 1.807) is 35.0 Å². The average Bonchev–Trinajstić information content (AvgIpc) is 3.61. The number of alkyl halides is 2. The quantitative estimate of drug-likeness (QED) is 0.425. The second-order valence-electron chi connectivity index (χ2n) is 9.46. The Kier molecular flexibility index (Phi) is 7.21. The first-order chi connectivity index (χ1) is 18.3. The number of aromatic nitrogens is 2. The van der Waals surface area contributed by atoms with E-state index in [-0.39, 0.29) is 29.0 Å². The number of fused-ring (bicyclic) bond motifs is 1. The van der Waals surface area contributed by atoms with Gasteiger partial charge in [0.25, 0.3) is 5.91 Å². The van der Waals surface area contributed by atoms with E-state index in [1.165, 1.54) is 18.1 Å². The van der Waals surface area contributed by atoms with Crippen molar-refractivity contribution in [3.8, 4) is 28.5 Å². The number of likely N-dealkylation sites (tertiary alicyclic amines) is 1. The molecule has 1 aliphatic heterocycles. The number of hydrogen-bond acceptors (Lipinski definition) is 6. The Morgan fingerprint density at radius 3 is 2.71 bits per heavy atom. The van der Waals surface area contributed by atoms with Crippen molar-refractivity contribution < 1.29 is 37.7 Å². The molecular formula is C26H28F2N4O6. The zero-order valence-electron chi connectivity index (χ0n) is 20.7. The summed E-state index contributed by atoms with van der Waals surface area (Å²) in [5, 5.41) is 12.0. The number of pyridine rings is 1. The molecule has 1 aliphatic carbocycles. The summed E-state index contributed by atoms with van der Waals surface area (Å²) < 4.78 is 44.3. The largest absolute Gasteiger partial charge is 0.496 e. The summed E-state index contributed by atoms with van der Waals surface area (Å²) in [6, 6.07) is 6.48. The van der Waals surface area contributed by atoms with Gasteiger partial charge in [-0.05, 0) is 43.9 Å². The summed E-state index contributed by atoms with van der Waals surface area (Å²) in [5.74, 6) is -0.0356. The zero-order chi connectivity index (χ0) is 26.8. The minimum Gasteiger partial charge on any atom is -0.496 e. The van der Waals surface area contributed by atoms with Crippen LogP contribution < -0.4 is 19.5 Å². The monoisotopic (exact) mass is 530 g/mol. The lowest BCUT2D eigenvalue weighted by molar-refractivity contribution is -0.0502. The zero-order valence-corrected chi connectivity index (χ0v) is 20.7. The van der Waals surface area contributed by atoms with Gasteiger partial charge in [-0.25, -0.2) is 9.78 Å². The highest BCUT2D eigenvalue weighted by atomic mass is 19.3. The maximum absolute atomic E-state index is 13.3. The fraction of sp³-hybridized carbons (Fsp3) is 0.423.